The maximum Gasteiger partial charge on any atom is 0.403 e. The zero-order valence-corrected chi connectivity index (χ0v) is 8.33. The minimum atomic E-state index is -4.06. The molecule has 0 atom stereocenters. The van der Waals surface area contributed by atoms with Gasteiger partial charge in [-0.25, -0.2) is 9.24 Å². The minimum absolute atomic E-state index is 0.272. The maximum absolute atomic E-state index is 10.7. The van der Waals surface area contributed by atoms with E-state index in [4.69, 9.17) is 14.5 Å². The van der Waals surface area contributed by atoms with Gasteiger partial charge in [-0.15, -0.1) is 0 Å². The largest absolute Gasteiger partial charge is 0.403 e. The summed E-state index contributed by atoms with van der Waals surface area (Å²) in [5.74, 6) is 0. The molecule has 6 heteroatoms. The molecule has 0 saturated heterocycles. The van der Waals surface area contributed by atoms with Gasteiger partial charge < -0.3 is 14.5 Å². The highest BCUT2D eigenvalue weighted by Gasteiger charge is 2.22. The van der Waals surface area contributed by atoms with E-state index in [0.717, 1.165) is 4.67 Å². The molecular weight excluding hydrogens is 181 g/mol. The Labute approximate surface area is 72.5 Å². The van der Waals surface area contributed by atoms with Gasteiger partial charge in [0.25, 0.3) is 0 Å². The zero-order valence-electron chi connectivity index (χ0n) is 7.43. The van der Waals surface area contributed by atoms with E-state index in [-0.39, 0.29) is 6.54 Å². The number of rotatable bonds is 6. The Balaban J connectivity index is 3.77. The summed E-state index contributed by atoms with van der Waals surface area (Å²) in [6.45, 7) is 5.07. The third-order valence-corrected chi connectivity index (χ3v) is 2.65. The molecule has 0 aromatic carbocycles. The third kappa shape index (κ3) is 4.85. The molecule has 0 amide bonds. The van der Waals surface area contributed by atoms with Crippen molar-refractivity contribution in [1.29, 1.82) is 0 Å². The van der Waals surface area contributed by atoms with Crippen LogP contribution in [-0.4, -0.2) is 40.8 Å². The van der Waals surface area contributed by atoms with E-state index < -0.39 is 7.75 Å². The van der Waals surface area contributed by atoms with Gasteiger partial charge in [-0.2, -0.15) is 0 Å². The van der Waals surface area contributed by atoms with Crippen LogP contribution in [0.5, 0.6) is 0 Å². The summed E-state index contributed by atoms with van der Waals surface area (Å²) in [6.07, 6.45) is 0. The summed E-state index contributed by atoms with van der Waals surface area (Å²) < 4.78 is 16.8. The van der Waals surface area contributed by atoms with E-state index in [1.807, 2.05) is 6.92 Å². The first-order valence-corrected chi connectivity index (χ1v) is 5.47. The van der Waals surface area contributed by atoms with E-state index in [9.17, 15) is 4.57 Å². The Hall–Kier alpha value is 0.0700. The third-order valence-electron chi connectivity index (χ3n) is 1.43. The topological polar surface area (TPSA) is 70.0 Å². The average molecular weight is 197 g/mol. The van der Waals surface area contributed by atoms with Gasteiger partial charge in [-0.1, -0.05) is 6.92 Å². The van der Waals surface area contributed by atoms with Gasteiger partial charge in [-0.3, -0.25) is 0 Å². The first-order chi connectivity index (χ1) is 5.52. The fraction of sp³-hybridized carbons (Fsp3) is 1.00. The molecule has 2 N–H and O–H groups in total. The normalized spacial score (nSPS) is 12.4. The minimum Gasteiger partial charge on any atom is -0.380 e. The highest BCUT2D eigenvalue weighted by molar-refractivity contribution is 7.49. The molecule has 0 rings (SSSR count). The number of nitrogens with zero attached hydrogens (tertiary/aromatic N) is 1. The lowest BCUT2D eigenvalue weighted by Crippen LogP contribution is -2.24. The summed E-state index contributed by atoms with van der Waals surface area (Å²) in [6, 6.07) is 0. The average Bonchev–Trinajstić information content (AvgIpc) is 1.95. The molecule has 0 saturated carbocycles. The second kappa shape index (κ2) is 5.67. The van der Waals surface area contributed by atoms with Gasteiger partial charge in [0, 0.05) is 19.7 Å². The van der Waals surface area contributed by atoms with Crippen LogP contribution in [0.15, 0.2) is 0 Å². The second-order valence-electron chi connectivity index (χ2n) is 2.26. The molecule has 0 aliphatic rings. The fourth-order valence-corrected chi connectivity index (χ4v) is 1.50. The van der Waals surface area contributed by atoms with Crippen molar-refractivity contribution < 1.29 is 19.1 Å². The quantitative estimate of drug-likeness (QED) is 0.477. The van der Waals surface area contributed by atoms with Crippen LogP contribution in [0.4, 0.5) is 0 Å². The molecule has 5 nitrogen and oxygen atoms in total. The van der Waals surface area contributed by atoms with Crippen LogP contribution in [0, 0.1) is 0 Å². The second-order valence-corrected chi connectivity index (χ2v) is 3.85. The van der Waals surface area contributed by atoms with Crippen LogP contribution in [0.3, 0.4) is 0 Å². The predicted molar refractivity (Wildman–Crippen MR) is 45.8 cm³/mol. The zero-order chi connectivity index (χ0) is 9.61. The van der Waals surface area contributed by atoms with Gasteiger partial charge in [0.2, 0.25) is 0 Å². The Morgan fingerprint density at radius 2 is 2.00 bits per heavy atom. The summed E-state index contributed by atoms with van der Waals surface area (Å²) in [5.41, 5.74) is 0. The summed E-state index contributed by atoms with van der Waals surface area (Å²) >= 11 is 0. The van der Waals surface area contributed by atoms with Crippen molar-refractivity contribution in [3.05, 3.63) is 0 Å². The monoisotopic (exact) mass is 197 g/mol. The van der Waals surface area contributed by atoms with Gasteiger partial charge in [0.1, 0.15) is 0 Å². The van der Waals surface area contributed by atoms with E-state index in [1.165, 1.54) is 0 Å². The summed E-state index contributed by atoms with van der Waals surface area (Å²) in [4.78, 5) is 17.5. The van der Waals surface area contributed by atoms with Crippen molar-refractivity contribution in [2.75, 3.05) is 26.3 Å². The summed E-state index contributed by atoms with van der Waals surface area (Å²) in [5, 5.41) is 0. The molecule has 0 radical (unpaired) electrons. The van der Waals surface area contributed by atoms with E-state index in [2.05, 4.69) is 0 Å². The first-order valence-electron chi connectivity index (χ1n) is 3.91. The van der Waals surface area contributed by atoms with Crippen LogP contribution in [-0.2, 0) is 9.30 Å². The molecule has 12 heavy (non-hydrogen) atoms. The molecule has 0 aromatic rings. The van der Waals surface area contributed by atoms with Crippen LogP contribution in [0.1, 0.15) is 13.8 Å². The first kappa shape index (κ1) is 12.1. The van der Waals surface area contributed by atoms with E-state index in [1.54, 1.807) is 6.92 Å². The molecule has 0 unspecified atom stereocenters. The predicted octanol–water partition coefficient (Wildman–Crippen LogP) is 0.438. The Bertz CT molecular complexity index is 158. The van der Waals surface area contributed by atoms with Gasteiger partial charge >= 0.3 is 7.75 Å². The molecule has 0 heterocycles. The van der Waals surface area contributed by atoms with Crippen molar-refractivity contribution in [3.63, 3.8) is 0 Å². The molecule has 0 spiro atoms. The van der Waals surface area contributed by atoms with E-state index in [0.29, 0.717) is 19.8 Å². The Morgan fingerprint density at radius 1 is 1.42 bits per heavy atom. The van der Waals surface area contributed by atoms with Crippen LogP contribution < -0.4 is 0 Å². The van der Waals surface area contributed by atoms with Crippen LogP contribution >= 0.6 is 7.75 Å². The van der Waals surface area contributed by atoms with Gasteiger partial charge in [0.05, 0.1) is 6.61 Å². The van der Waals surface area contributed by atoms with Crippen molar-refractivity contribution in [2.45, 2.75) is 13.8 Å². The Kier molecular flexibility index (Phi) is 5.70. The molecule has 0 aromatic heterocycles. The van der Waals surface area contributed by atoms with Crippen molar-refractivity contribution in [1.82, 2.24) is 4.67 Å². The number of likely N-dealkylation sites (N-methyl/N-ethyl adjacent to an activating group) is 1. The highest BCUT2D eigenvalue weighted by Crippen LogP contribution is 2.38. The Morgan fingerprint density at radius 3 is 2.33 bits per heavy atom. The number of hydrogen-bond acceptors (Lipinski definition) is 2. The molecule has 0 aliphatic heterocycles. The van der Waals surface area contributed by atoms with Crippen LogP contribution in [0.25, 0.3) is 0 Å². The molecule has 0 fully saturated rings. The lowest BCUT2D eigenvalue weighted by atomic mass is 10.6. The molecule has 0 aliphatic carbocycles. The molecule has 74 valence electrons. The fourth-order valence-electron chi connectivity index (χ4n) is 0.787. The SMILES string of the molecule is CCOCCN(CC)P(=O)(O)O. The van der Waals surface area contributed by atoms with E-state index >= 15 is 0 Å². The molecule has 0 bridgehead atoms. The van der Waals surface area contributed by atoms with Gasteiger partial charge in [-0.05, 0) is 6.92 Å². The van der Waals surface area contributed by atoms with Gasteiger partial charge in [0.15, 0.2) is 0 Å². The molecular formula is C6H16NO4P. The standard InChI is InChI=1S/C6H16NO4P/c1-3-7(12(8,9)10)5-6-11-4-2/h3-6H2,1-2H3,(H2,8,9,10). The van der Waals surface area contributed by atoms with Crippen molar-refractivity contribution in [3.8, 4) is 0 Å². The van der Waals surface area contributed by atoms with Crippen LogP contribution in [0.2, 0.25) is 0 Å². The number of ether oxygens (including phenoxy) is 1. The lowest BCUT2D eigenvalue weighted by Gasteiger charge is -2.20. The van der Waals surface area contributed by atoms with Crippen molar-refractivity contribution >= 4 is 7.75 Å². The number of hydrogen-bond donors (Lipinski definition) is 2. The lowest BCUT2D eigenvalue weighted by molar-refractivity contribution is 0.127. The maximum atomic E-state index is 10.7. The van der Waals surface area contributed by atoms with Crippen molar-refractivity contribution in [2.24, 2.45) is 0 Å². The summed E-state index contributed by atoms with van der Waals surface area (Å²) in [7, 11) is -4.06. The highest BCUT2D eigenvalue weighted by atomic mass is 31.2. The smallest absolute Gasteiger partial charge is 0.380 e.